The van der Waals surface area contributed by atoms with Crippen LogP contribution in [0.4, 0.5) is 0 Å². The molecule has 0 saturated carbocycles. The highest BCUT2D eigenvalue weighted by Crippen LogP contribution is 2.27. The van der Waals surface area contributed by atoms with E-state index in [1.54, 1.807) is 0 Å². The van der Waals surface area contributed by atoms with Crippen LogP contribution < -0.4 is 5.32 Å². The van der Waals surface area contributed by atoms with Crippen LogP contribution in [0, 0.1) is 6.92 Å². The van der Waals surface area contributed by atoms with Crippen LogP contribution in [-0.2, 0) is 0 Å². The molecule has 0 bridgehead atoms. The van der Waals surface area contributed by atoms with Gasteiger partial charge in [0.05, 0.1) is 6.04 Å². The molecule has 21 heavy (non-hydrogen) atoms. The molecule has 0 aliphatic rings. The average Bonchev–Trinajstić information content (AvgIpc) is 2.48. The quantitative estimate of drug-likeness (QED) is 0.745. The molecule has 0 heterocycles. The van der Waals surface area contributed by atoms with Crippen molar-refractivity contribution < 1.29 is 0 Å². The van der Waals surface area contributed by atoms with Crippen LogP contribution in [0.3, 0.4) is 0 Å². The van der Waals surface area contributed by atoms with Crippen molar-refractivity contribution in [1.29, 1.82) is 0 Å². The van der Waals surface area contributed by atoms with Crippen LogP contribution in [-0.4, -0.2) is 6.54 Å². The fourth-order valence-electron chi connectivity index (χ4n) is 2.49. The van der Waals surface area contributed by atoms with E-state index in [4.69, 9.17) is 0 Å². The first-order valence-electron chi connectivity index (χ1n) is 7.62. The molecule has 2 rings (SSSR count). The van der Waals surface area contributed by atoms with Crippen molar-refractivity contribution in [3.05, 3.63) is 69.2 Å². The summed E-state index contributed by atoms with van der Waals surface area (Å²) in [5.41, 5.74) is 5.27. The maximum atomic E-state index is 3.64. The lowest BCUT2D eigenvalue weighted by molar-refractivity contribution is 0.630. The molecule has 2 aromatic carbocycles. The Morgan fingerprint density at radius 1 is 0.952 bits per heavy atom. The molecule has 0 radical (unpaired) electrons. The molecule has 0 aromatic heterocycles. The number of rotatable bonds is 5. The summed E-state index contributed by atoms with van der Waals surface area (Å²) in [6.45, 7) is 9.68. The minimum absolute atomic E-state index is 0.244. The second-order valence-electron chi connectivity index (χ2n) is 5.82. The number of aryl methyl sites for hydroxylation is 1. The van der Waals surface area contributed by atoms with Crippen molar-refractivity contribution in [3.63, 3.8) is 0 Å². The summed E-state index contributed by atoms with van der Waals surface area (Å²) < 4.78 is 1.17. The highest BCUT2D eigenvalue weighted by atomic mass is 79.9. The first-order valence-corrected chi connectivity index (χ1v) is 8.41. The minimum atomic E-state index is 0.244. The normalized spacial score (nSPS) is 12.7. The molecule has 0 fully saturated rings. The Hall–Kier alpha value is -1.12. The van der Waals surface area contributed by atoms with E-state index in [-0.39, 0.29) is 6.04 Å². The zero-order chi connectivity index (χ0) is 15.4. The van der Waals surface area contributed by atoms with Gasteiger partial charge in [0, 0.05) is 4.47 Å². The minimum Gasteiger partial charge on any atom is -0.307 e. The van der Waals surface area contributed by atoms with Crippen LogP contribution in [0.1, 0.15) is 55.0 Å². The zero-order valence-corrected chi connectivity index (χ0v) is 14.9. The van der Waals surface area contributed by atoms with Crippen molar-refractivity contribution >= 4 is 15.9 Å². The SMILES string of the molecule is CCNC(c1ccc(C(C)C)cc1)c1ccc(C)c(Br)c1. The first kappa shape index (κ1) is 16.3. The van der Waals surface area contributed by atoms with Gasteiger partial charge in [0.25, 0.3) is 0 Å². The molecular weight excluding hydrogens is 322 g/mol. The topological polar surface area (TPSA) is 12.0 Å². The van der Waals surface area contributed by atoms with Gasteiger partial charge in [-0.25, -0.2) is 0 Å². The molecule has 0 aliphatic heterocycles. The third-order valence-electron chi connectivity index (χ3n) is 3.87. The lowest BCUT2D eigenvalue weighted by Crippen LogP contribution is -2.22. The maximum Gasteiger partial charge on any atom is 0.0577 e. The van der Waals surface area contributed by atoms with Gasteiger partial charge in [-0.2, -0.15) is 0 Å². The zero-order valence-electron chi connectivity index (χ0n) is 13.3. The van der Waals surface area contributed by atoms with Crippen molar-refractivity contribution in [2.75, 3.05) is 6.54 Å². The molecule has 112 valence electrons. The Balaban J connectivity index is 2.35. The van der Waals surface area contributed by atoms with Crippen LogP contribution in [0.5, 0.6) is 0 Å². The van der Waals surface area contributed by atoms with Crippen LogP contribution in [0.15, 0.2) is 46.9 Å². The number of halogens is 1. The molecule has 2 heteroatoms. The average molecular weight is 346 g/mol. The third kappa shape index (κ3) is 3.96. The number of nitrogens with one attached hydrogen (secondary N) is 1. The fraction of sp³-hybridized carbons (Fsp3) is 0.368. The Kier molecular flexibility index (Phi) is 5.60. The molecule has 1 unspecified atom stereocenters. The van der Waals surface area contributed by atoms with E-state index in [1.807, 2.05) is 0 Å². The Morgan fingerprint density at radius 2 is 1.52 bits per heavy atom. The van der Waals surface area contributed by atoms with Crippen molar-refractivity contribution in [2.45, 2.75) is 39.7 Å². The maximum absolute atomic E-state index is 3.64. The molecule has 0 amide bonds. The fourth-order valence-corrected chi connectivity index (χ4v) is 2.89. The van der Waals surface area contributed by atoms with Gasteiger partial charge in [0.2, 0.25) is 0 Å². The van der Waals surface area contributed by atoms with E-state index < -0.39 is 0 Å². The van der Waals surface area contributed by atoms with E-state index in [9.17, 15) is 0 Å². The number of hydrogen-bond donors (Lipinski definition) is 1. The van der Waals surface area contributed by atoms with Crippen LogP contribution in [0.2, 0.25) is 0 Å². The molecular formula is C19H24BrN. The number of benzene rings is 2. The van der Waals surface area contributed by atoms with Crippen molar-refractivity contribution in [1.82, 2.24) is 5.32 Å². The summed E-state index contributed by atoms with van der Waals surface area (Å²) in [5.74, 6) is 0.574. The predicted octanol–water partition coefficient (Wildman–Crippen LogP) is 5.58. The van der Waals surface area contributed by atoms with Gasteiger partial charge in [-0.15, -0.1) is 0 Å². The van der Waals surface area contributed by atoms with Gasteiger partial charge >= 0.3 is 0 Å². The molecule has 1 nitrogen and oxygen atoms in total. The number of hydrogen-bond acceptors (Lipinski definition) is 1. The highest BCUT2D eigenvalue weighted by molar-refractivity contribution is 9.10. The van der Waals surface area contributed by atoms with Gasteiger partial charge in [-0.05, 0) is 47.7 Å². The lowest BCUT2D eigenvalue weighted by atomic mass is 9.95. The summed E-state index contributed by atoms with van der Waals surface area (Å²) in [7, 11) is 0. The first-order chi connectivity index (χ1) is 10.0. The smallest absolute Gasteiger partial charge is 0.0577 e. The van der Waals surface area contributed by atoms with Gasteiger partial charge in [-0.3, -0.25) is 0 Å². The molecule has 0 aliphatic carbocycles. The molecule has 2 aromatic rings. The van der Waals surface area contributed by atoms with E-state index in [0.717, 1.165) is 6.54 Å². The van der Waals surface area contributed by atoms with Crippen molar-refractivity contribution in [3.8, 4) is 0 Å². The van der Waals surface area contributed by atoms with Gasteiger partial charge in [-0.1, -0.05) is 73.1 Å². The molecule has 1 atom stereocenters. The Labute approximate surface area is 136 Å². The molecule has 1 N–H and O–H groups in total. The summed E-state index contributed by atoms with van der Waals surface area (Å²) in [4.78, 5) is 0. The second kappa shape index (κ2) is 7.24. The molecule has 0 spiro atoms. The standard InChI is InChI=1S/C19H24BrN/c1-5-21-19(17-7-6-14(4)18(20)12-17)16-10-8-15(9-11-16)13(2)3/h6-13,19,21H,5H2,1-4H3. The Morgan fingerprint density at radius 3 is 2.05 bits per heavy atom. The molecule has 0 saturated heterocycles. The predicted molar refractivity (Wildman–Crippen MR) is 94.9 cm³/mol. The summed E-state index contributed by atoms with van der Waals surface area (Å²) in [6, 6.07) is 15.8. The van der Waals surface area contributed by atoms with E-state index in [0.29, 0.717) is 5.92 Å². The van der Waals surface area contributed by atoms with Crippen LogP contribution >= 0.6 is 15.9 Å². The van der Waals surface area contributed by atoms with Crippen LogP contribution in [0.25, 0.3) is 0 Å². The van der Waals surface area contributed by atoms with E-state index >= 15 is 0 Å². The second-order valence-corrected chi connectivity index (χ2v) is 6.68. The summed E-state index contributed by atoms with van der Waals surface area (Å²) in [6.07, 6.45) is 0. The Bertz CT molecular complexity index is 587. The highest BCUT2D eigenvalue weighted by Gasteiger charge is 2.14. The van der Waals surface area contributed by atoms with Gasteiger partial charge < -0.3 is 5.32 Å². The lowest BCUT2D eigenvalue weighted by Gasteiger charge is -2.20. The third-order valence-corrected chi connectivity index (χ3v) is 4.73. The largest absolute Gasteiger partial charge is 0.307 e. The summed E-state index contributed by atoms with van der Waals surface area (Å²) in [5, 5.41) is 3.59. The van der Waals surface area contributed by atoms with E-state index in [1.165, 1.54) is 26.7 Å². The monoisotopic (exact) mass is 345 g/mol. The van der Waals surface area contributed by atoms with Crippen molar-refractivity contribution in [2.24, 2.45) is 0 Å². The van der Waals surface area contributed by atoms with E-state index in [2.05, 4.69) is 91.4 Å². The van der Waals surface area contributed by atoms with Gasteiger partial charge in [0.1, 0.15) is 0 Å². The summed E-state index contributed by atoms with van der Waals surface area (Å²) >= 11 is 3.64. The van der Waals surface area contributed by atoms with Gasteiger partial charge in [0.15, 0.2) is 0 Å².